The molecule has 2 unspecified atom stereocenters. The van der Waals surface area contributed by atoms with Gasteiger partial charge in [-0.2, -0.15) is 0 Å². The van der Waals surface area contributed by atoms with Gasteiger partial charge in [-0.15, -0.1) is 0 Å². The Bertz CT molecular complexity index is 624. The molecule has 0 bridgehead atoms. The number of methoxy groups -OCH3 is 1. The number of rotatable bonds is 8. The van der Waals surface area contributed by atoms with Crippen LogP contribution < -0.4 is 10.1 Å². The van der Waals surface area contributed by atoms with Gasteiger partial charge in [0, 0.05) is 6.54 Å². The number of carboxylic acid groups (broad SMARTS) is 1. The number of hydrogen-bond acceptors (Lipinski definition) is 6. The highest BCUT2D eigenvalue weighted by atomic mass is 16.6. The van der Waals surface area contributed by atoms with Gasteiger partial charge in [0.05, 0.1) is 19.6 Å². The van der Waals surface area contributed by atoms with Crippen molar-refractivity contribution in [1.29, 1.82) is 0 Å². The lowest BCUT2D eigenvalue weighted by Crippen LogP contribution is -2.34. The molecule has 1 rings (SSSR count). The molecule has 1 aromatic carbocycles. The van der Waals surface area contributed by atoms with Gasteiger partial charge in [-0.25, -0.2) is 4.79 Å². The minimum atomic E-state index is -1.32. The van der Waals surface area contributed by atoms with Crippen molar-refractivity contribution < 1.29 is 34.4 Å². The zero-order valence-electron chi connectivity index (χ0n) is 15.5. The van der Waals surface area contributed by atoms with E-state index in [0.717, 1.165) is 0 Å². The maximum absolute atomic E-state index is 11.6. The molecule has 0 spiro atoms. The number of aliphatic hydroxyl groups is 2. The second-order valence-corrected chi connectivity index (χ2v) is 6.86. The van der Waals surface area contributed by atoms with Crippen LogP contribution in [0, 0.1) is 0 Å². The van der Waals surface area contributed by atoms with Crippen LogP contribution in [0.2, 0.25) is 0 Å². The lowest BCUT2D eigenvalue weighted by Gasteiger charge is -2.22. The molecule has 1 amide bonds. The Morgan fingerprint density at radius 2 is 1.88 bits per heavy atom. The van der Waals surface area contributed by atoms with Gasteiger partial charge >= 0.3 is 12.1 Å². The molecule has 0 saturated heterocycles. The molecule has 8 heteroatoms. The van der Waals surface area contributed by atoms with Crippen LogP contribution in [0.1, 0.15) is 44.4 Å². The van der Waals surface area contributed by atoms with Gasteiger partial charge < -0.3 is 30.1 Å². The first-order chi connectivity index (χ1) is 12.0. The van der Waals surface area contributed by atoms with E-state index in [1.165, 1.54) is 19.2 Å². The Hall–Kier alpha value is -2.32. The molecule has 2 atom stereocenters. The van der Waals surface area contributed by atoms with Crippen molar-refractivity contribution in [3.8, 4) is 5.75 Å². The van der Waals surface area contributed by atoms with Crippen LogP contribution >= 0.6 is 0 Å². The zero-order chi connectivity index (χ0) is 19.9. The molecule has 26 heavy (non-hydrogen) atoms. The van der Waals surface area contributed by atoms with Crippen LogP contribution in [0.5, 0.6) is 5.75 Å². The average molecular weight is 369 g/mol. The SMILES string of the molecule is COc1ccc(CC(=O)O)c(C(O)C(O)CCNC(=O)OC(C)(C)C)c1. The second-order valence-electron chi connectivity index (χ2n) is 6.86. The summed E-state index contributed by atoms with van der Waals surface area (Å²) in [5.74, 6) is -0.614. The van der Waals surface area contributed by atoms with Crippen molar-refractivity contribution in [3.05, 3.63) is 29.3 Å². The van der Waals surface area contributed by atoms with Crippen molar-refractivity contribution in [1.82, 2.24) is 5.32 Å². The number of alkyl carbamates (subject to hydrolysis) is 1. The number of carbonyl (C=O) groups is 2. The molecule has 8 nitrogen and oxygen atoms in total. The number of amides is 1. The van der Waals surface area contributed by atoms with Crippen molar-refractivity contribution in [2.75, 3.05) is 13.7 Å². The largest absolute Gasteiger partial charge is 0.497 e. The van der Waals surface area contributed by atoms with E-state index in [4.69, 9.17) is 14.6 Å². The second kappa shape index (κ2) is 9.40. The highest BCUT2D eigenvalue weighted by molar-refractivity contribution is 5.71. The highest BCUT2D eigenvalue weighted by Gasteiger charge is 2.23. The Balaban J connectivity index is 2.73. The molecule has 0 fully saturated rings. The molecule has 0 radical (unpaired) electrons. The Labute approximate surface area is 152 Å². The molecular formula is C18H27NO7. The number of carbonyl (C=O) groups excluding carboxylic acids is 1. The van der Waals surface area contributed by atoms with E-state index in [1.54, 1.807) is 26.8 Å². The smallest absolute Gasteiger partial charge is 0.407 e. The molecule has 0 heterocycles. The lowest BCUT2D eigenvalue weighted by atomic mass is 9.95. The van der Waals surface area contributed by atoms with E-state index in [2.05, 4.69) is 5.32 Å². The van der Waals surface area contributed by atoms with Crippen LogP contribution in [0.4, 0.5) is 4.79 Å². The number of hydrogen-bond donors (Lipinski definition) is 4. The molecule has 1 aromatic rings. The number of benzene rings is 1. The molecular weight excluding hydrogens is 342 g/mol. The minimum absolute atomic E-state index is 0.0597. The molecule has 0 aliphatic rings. The molecule has 0 aliphatic heterocycles. The normalized spacial score (nSPS) is 13.6. The first-order valence-corrected chi connectivity index (χ1v) is 8.25. The molecule has 0 aromatic heterocycles. The number of ether oxygens (including phenoxy) is 2. The van der Waals surface area contributed by atoms with E-state index in [-0.39, 0.29) is 24.9 Å². The predicted octanol–water partition coefficient (Wildman–Crippen LogP) is 1.63. The topological polar surface area (TPSA) is 125 Å². The molecule has 146 valence electrons. The summed E-state index contributed by atoms with van der Waals surface area (Å²) < 4.78 is 10.2. The molecule has 0 aliphatic carbocycles. The summed E-state index contributed by atoms with van der Waals surface area (Å²) >= 11 is 0. The third kappa shape index (κ3) is 7.28. The van der Waals surface area contributed by atoms with E-state index in [1.807, 2.05) is 0 Å². The fraction of sp³-hybridized carbons (Fsp3) is 0.556. The number of aliphatic hydroxyl groups excluding tert-OH is 2. The number of aliphatic carboxylic acids is 1. The average Bonchev–Trinajstić information content (AvgIpc) is 2.52. The van der Waals surface area contributed by atoms with Gasteiger partial charge in [0.2, 0.25) is 0 Å². The summed E-state index contributed by atoms with van der Waals surface area (Å²) in [6.07, 6.45) is -3.37. The van der Waals surface area contributed by atoms with Gasteiger partial charge in [-0.3, -0.25) is 4.79 Å². The van der Waals surface area contributed by atoms with Crippen LogP contribution in [0.3, 0.4) is 0 Å². The maximum Gasteiger partial charge on any atom is 0.407 e. The third-order valence-corrected chi connectivity index (χ3v) is 3.49. The highest BCUT2D eigenvalue weighted by Crippen LogP contribution is 2.27. The monoisotopic (exact) mass is 369 g/mol. The first-order valence-electron chi connectivity index (χ1n) is 8.25. The lowest BCUT2D eigenvalue weighted by molar-refractivity contribution is -0.136. The van der Waals surface area contributed by atoms with Crippen LogP contribution in [-0.2, 0) is 16.0 Å². The van der Waals surface area contributed by atoms with E-state index >= 15 is 0 Å². The van der Waals surface area contributed by atoms with E-state index in [9.17, 15) is 19.8 Å². The van der Waals surface area contributed by atoms with Crippen molar-refractivity contribution >= 4 is 12.1 Å². The minimum Gasteiger partial charge on any atom is -0.497 e. The van der Waals surface area contributed by atoms with Gasteiger partial charge in [0.1, 0.15) is 17.5 Å². The van der Waals surface area contributed by atoms with Crippen molar-refractivity contribution in [2.45, 2.75) is 51.4 Å². The zero-order valence-corrected chi connectivity index (χ0v) is 15.5. The van der Waals surface area contributed by atoms with Gasteiger partial charge in [-0.05, 0) is 50.5 Å². The Kier molecular flexibility index (Phi) is 7.85. The summed E-state index contributed by atoms with van der Waals surface area (Å²) in [6, 6.07) is 4.62. The van der Waals surface area contributed by atoms with E-state index in [0.29, 0.717) is 11.3 Å². The predicted molar refractivity (Wildman–Crippen MR) is 94.2 cm³/mol. The van der Waals surface area contributed by atoms with Gasteiger partial charge in [0.25, 0.3) is 0 Å². The Morgan fingerprint density at radius 1 is 1.23 bits per heavy atom. The summed E-state index contributed by atoms with van der Waals surface area (Å²) in [5.41, 5.74) is 0.0237. The van der Waals surface area contributed by atoms with Gasteiger partial charge in [-0.1, -0.05) is 6.07 Å². The molecule has 0 saturated carbocycles. The maximum atomic E-state index is 11.6. The third-order valence-electron chi connectivity index (χ3n) is 3.49. The Morgan fingerprint density at radius 3 is 2.42 bits per heavy atom. The van der Waals surface area contributed by atoms with Gasteiger partial charge in [0.15, 0.2) is 0 Å². The van der Waals surface area contributed by atoms with E-state index < -0.39 is 29.9 Å². The quantitative estimate of drug-likeness (QED) is 0.549. The van der Waals surface area contributed by atoms with Crippen LogP contribution in [-0.4, -0.2) is 52.7 Å². The summed E-state index contributed by atoms with van der Waals surface area (Å²) in [7, 11) is 1.45. The standard InChI is InChI=1S/C18H27NO7/c1-18(2,3)26-17(24)19-8-7-14(20)16(23)13-10-12(25-4)6-5-11(13)9-15(21)22/h5-6,10,14,16,20,23H,7-9H2,1-4H3,(H,19,24)(H,21,22). The number of nitrogens with one attached hydrogen (secondary N) is 1. The summed E-state index contributed by atoms with van der Waals surface area (Å²) in [6.45, 7) is 5.29. The number of carboxylic acids is 1. The fourth-order valence-electron chi connectivity index (χ4n) is 2.30. The van der Waals surface area contributed by atoms with Crippen LogP contribution in [0.25, 0.3) is 0 Å². The van der Waals surface area contributed by atoms with Crippen molar-refractivity contribution in [3.63, 3.8) is 0 Å². The summed E-state index contributed by atoms with van der Waals surface area (Å²) in [5, 5.41) is 32.1. The first kappa shape index (κ1) is 21.7. The van der Waals surface area contributed by atoms with Crippen molar-refractivity contribution in [2.24, 2.45) is 0 Å². The molecule has 4 N–H and O–H groups in total. The summed E-state index contributed by atoms with van der Waals surface area (Å²) in [4.78, 5) is 22.6. The fourth-order valence-corrected chi connectivity index (χ4v) is 2.30. The van der Waals surface area contributed by atoms with Crippen LogP contribution in [0.15, 0.2) is 18.2 Å².